The second kappa shape index (κ2) is 10.1. The molecule has 1 unspecified atom stereocenters. The van der Waals surface area contributed by atoms with Crippen LogP contribution in [0.3, 0.4) is 0 Å². The largest absolute Gasteiger partial charge is 3.00 e. The zero-order chi connectivity index (χ0) is 9.80. The average molecular weight is 345 g/mol. The van der Waals surface area contributed by atoms with Crippen LogP contribution in [0.4, 0.5) is 0 Å². The van der Waals surface area contributed by atoms with Gasteiger partial charge in [-0.15, -0.1) is 18.2 Å². The Morgan fingerprint density at radius 1 is 1.24 bits per heavy atom. The van der Waals surface area contributed by atoms with Crippen LogP contribution >= 0.6 is 0 Å². The van der Waals surface area contributed by atoms with E-state index in [9.17, 15) is 0 Å². The molecule has 1 aliphatic rings. The van der Waals surface area contributed by atoms with Crippen LogP contribution in [0.2, 0.25) is 0 Å². The zero-order valence-corrected chi connectivity index (χ0v) is 13.6. The maximum absolute atomic E-state index is 3.74. The van der Waals surface area contributed by atoms with Gasteiger partial charge in [0.1, 0.15) is 0 Å². The minimum absolute atomic E-state index is 0. The van der Waals surface area contributed by atoms with Crippen molar-refractivity contribution in [2.45, 2.75) is 25.2 Å². The number of halogens is 2. The van der Waals surface area contributed by atoms with Crippen molar-refractivity contribution in [3.63, 3.8) is 0 Å². The summed E-state index contributed by atoms with van der Waals surface area (Å²) in [6, 6.07) is 8.57. The second-order valence-corrected chi connectivity index (χ2v) is 3.71. The topological polar surface area (TPSA) is 0 Å². The molecule has 1 aromatic rings. The van der Waals surface area contributed by atoms with Gasteiger partial charge in [0.25, 0.3) is 0 Å². The molecule has 2 rings (SSSR count). The fourth-order valence-electron chi connectivity index (χ4n) is 1.94. The number of rotatable bonds is 4. The van der Waals surface area contributed by atoms with Crippen LogP contribution in [0.1, 0.15) is 36.3 Å². The quantitative estimate of drug-likeness (QED) is 0.335. The van der Waals surface area contributed by atoms with Crippen molar-refractivity contribution < 1.29 is 51.0 Å². The van der Waals surface area contributed by atoms with Crippen molar-refractivity contribution in [3.8, 4) is 0 Å². The van der Waals surface area contributed by atoms with Crippen LogP contribution < -0.4 is 24.8 Å². The standard InChI is InChI=1S/C14H15.2ClH.Zr/c1-2-3-4-7-12-10-11-13-8-5-6-9-14(12)13;;;/h2,5-6,8-9,11-12H,1,3-4,7H2;2*1H;/q-1;;;+3/p-2. The van der Waals surface area contributed by atoms with Crippen LogP contribution in [-0.4, -0.2) is 0 Å². The van der Waals surface area contributed by atoms with E-state index in [2.05, 4.69) is 43.0 Å². The van der Waals surface area contributed by atoms with E-state index in [0.717, 1.165) is 6.42 Å². The Morgan fingerprint density at radius 3 is 2.65 bits per heavy atom. The second-order valence-electron chi connectivity index (χ2n) is 3.71. The first-order chi connectivity index (χ1) is 6.92. The third-order valence-electron chi connectivity index (χ3n) is 2.71. The number of allylic oxidation sites excluding steroid dienone is 2. The molecular weight excluding hydrogens is 330 g/mol. The molecule has 3 heteroatoms. The number of benzene rings is 1. The molecule has 0 saturated heterocycles. The first kappa shape index (κ1) is 19.5. The van der Waals surface area contributed by atoms with Crippen molar-refractivity contribution in [2.24, 2.45) is 0 Å². The van der Waals surface area contributed by atoms with Gasteiger partial charge in [-0.3, -0.25) is 6.08 Å². The summed E-state index contributed by atoms with van der Waals surface area (Å²) in [5, 5.41) is 0. The maximum Gasteiger partial charge on any atom is 3.00 e. The third-order valence-corrected chi connectivity index (χ3v) is 2.71. The van der Waals surface area contributed by atoms with E-state index < -0.39 is 0 Å². The van der Waals surface area contributed by atoms with Crippen molar-refractivity contribution in [3.05, 3.63) is 54.1 Å². The molecule has 0 N–H and O–H groups in total. The molecule has 0 fully saturated rings. The molecular formula is C14H15Cl2Zr. The van der Waals surface area contributed by atoms with E-state index in [1.54, 1.807) is 0 Å². The smallest absolute Gasteiger partial charge is 1.00 e. The fourth-order valence-corrected chi connectivity index (χ4v) is 1.94. The summed E-state index contributed by atoms with van der Waals surface area (Å²) in [6.07, 6.45) is 11.0. The van der Waals surface area contributed by atoms with Crippen LogP contribution in [0.25, 0.3) is 6.08 Å². The molecule has 0 aliphatic heterocycles. The first-order valence-corrected chi connectivity index (χ1v) is 5.21. The minimum atomic E-state index is 0. The van der Waals surface area contributed by atoms with Crippen molar-refractivity contribution >= 4 is 6.08 Å². The van der Waals surface area contributed by atoms with E-state index >= 15 is 0 Å². The van der Waals surface area contributed by atoms with Gasteiger partial charge >= 0.3 is 26.2 Å². The van der Waals surface area contributed by atoms with Gasteiger partial charge in [0.05, 0.1) is 0 Å². The van der Waals surface area contributed by atoms with Gasteiger partial charge in [-0.25, -0.2) is 6.08 Å². The number of unbranched alkanes of at least 4 members (excludes halogenated alkanes) is 1. The summed E-state index contributed by atoms with van der Waals surface area (Å²) in [4.78, 5) is 0. The van der Waals surface area contributed by atoms with Crippen LogP contribution in [0, 0.1) is 6.08 Å². The molecule has 0 nitrogen and oxygen atoms in total. The Balaban J connectivity index is 0. The van der Waals surface area contributed by atoms with E-state index in [4.69, 9.17) is 0 Å². The molecule has 0 saturated carbocycles. The Kier molecular flexibility index (Phi) is 11.6. The molecule has 89 valence electrons. The van der Waals surface area contributed by atoms with Crippen molar-refractivity contribution in [2.75, 3.05) is 0 Å². The predicted octanol–water partition coefficient (Wildman–Crippen LogP) is -2.04. The molecule has 0 heterocycles. The molecule has 1 aliphatic carbocycles. The van der Waals surface area contributed by atoms with E-state index in [0.29, 0.717) is 5.92 Å². The zero-order valence-electron chi connectivity index (χ0n) is 9.63. The number of hydrogen-bond donors (Lipinski definition) is 0. The van der Waals surface area contributed by atoms with Crippen LogP contribution in [-0.2, 0) is 26.2 Å². The van der Waals surface area contributed by atoms with Gasteiger partial charge in [0, 0.05) is 0 Å². The van der Waals surface area contributed by atoms with Gasteiger partial charge in [-0.05, 0) is 6.42 Å². The maximum atomic E-state index is 3.74. The molecule has 1 atom stereocenters. The normalized spacial score (nSPS) is 14.9. The molecule has 0 bridgehead atoms. The number of hydrogen-bond acceptors (Lipinski definition) is 0. The SMILES string of the molecule is C=CCCCC1[C-]=Cc2ccccc21.[Cl-].[Cl-].[Zr+3]. The first-order valence-electron chi connectivity index (χ1n) is 5.21. The molecule has 1 radical (unpaired) electrons. The van der Waals surface area contributed by atoms with Gasteiger partial charge in [-0.2, -0.15) is 5.56 Å². The molecule has 0 spiro atoms. The van der Waals surface area contributed by atoms with Crippen molar-refractivity contribution in [1.29, 1.82) is 0 Å². The van der Waals surface area contributed by atoms with Crippen LogP contribution in [0.15, 0.2) is 36.9 Å². The van der Waals surface area contributed by atoms with E-state index in [-0.39, 0.29) is 51.0 Å². The molecule has 0 amide bonds. The Morgan fingerprint density at radius 2 is 1.94 bits per heavy atom. The fraction of sp³-hybridized carbons (Fsp3) is 0.286. The van der Waals surface area contributed by atoms with Crippen LogP contribution in [0.5, 0.6) is 0 Å². The van der Waals surface area contributed by atoms with Gasteiger partial charge < -0.3 is 24.8 Å². The summed E-state index contributed by atoms with van der Waals surface area (Å²) in [7, 11) is 0. The van der Waals surface area contributed by atoms with Gasteiger partial charge in [0.2, 0.25) is 0 Å². The van der Waals surface area contributed by atoms with Gasteiger partial charge in [0.15, 0.2) is 0 Å². The summed E-state index contributed by atoms with van der Waals surface area (Å²) in [5.41, 5.74) is 2.78. The average Bonchev–Trinajstić information content (AvgIpc) is 2.63. The Labute approximate surface area is 136 Å². The molecule has 0 aromatic heterocycles. The minimum Gasteiger partial charge on any atom is -1.00 e. The predicted molar refractivity (Wildman–Crippen MR) is 60.9 cm³/mol. The van der Waals surface area contributed by atoms with Gasteiger partial charge in [-0.1, -0.05) is 43.0 Å². The monoisotopic (exact) mass is 343 g/mol. The summed E-state index contributed by atoms with van der Waals surface area (Å²) in [5.74, 6) is 0.520. The summed E-state index contributed by atoms with van der Waals surface area (Å²) in [6.45, 7) is 3.74. The van der Waals surface area contributed by atoms with Crippen molar-refractivity contribution in [1.82, 2.24) is 0 Å². The summed E-state index contributed by atoms with van der Waals surface area (Å²) >= 11 is 0. The third kappa shape index (κ3) is 5.12. The van der Waals surface area contributed by atoms with E-state index in [1.807, 2.05) is 6.08 Å². The van der Waals surface area contributed by atoms with E-state index in [1.165, 1.54) is 24.0 Å². The number of fused-ring (bicyclic) bond motifs is 1. The Bertz CT molecular complexity index is 361. The summed E-state index contributed by atoms with van der Waals surface area (Å²) < 4.78 is 0. The molecule has 1 aromatic carbocycles. The Hall–Kier alpha value is 0.163. The molecule has 17 heavy (non-hydrogen) atoms.